The van der Waals surface area contributed by atoms with Gasteiger partial charge in [0.2, 0.25) is 0 Å². The first-order valence-corrected chi connectivity index (χ1v) is 7.51. The maximum absolute atomic E-state index is 12.3. The Morgan fingerprint density at radius 1 is 1.27 bits per heavy atom. The van der Waals surface area contributed by atoms with Crippen molar-refractivity contribution >= 4 is 29.4 Å². The van der Waals surface area contributed by atoms with E-state index in [1.54, 1.807) is 47.9 Å². The van der Waals surface area contributed by atoms with Gasteiger partial charge in [-0.05, 0) is 52.7 Å². The van der Waals surface area contributed by atoms with Crippen LogP contribution >= 0.6 is 11.3 Å². The lowest BCUT2D eigenvalue weighted by Crippen LogP contribution is -2.12. The van der Waals surface area contributed by atoms with Gasteiger partial charge in [0.1, 0.15) is 0 Å². The molecular formula is C17H11N3OS. The second-order valence-corrected chi connectivity index (χ2v) is 5.35. The van der Waals surface area contributed by atoms with Gasteiger partial charge < -0.3 is 0 Å². The van der Waals surface area contributed by atoms with Crippen LogP contribution in [0.2, 0.25) is 0 Å². The number of benzene rings is 1. The summed E-state index contributed by atoms with van der Waals surface area (Å²) in [6.45, 7) is 0. The van der Waals surface area contributed by atoms with Crippen LogP contribution in [-0.4, -0.2) is 15.7 Å². The fourth-order valence-electron chi connectivity index (χ4n) is 1.95. The second kappa shape index (κ2) is 6.20. The van der Waals surface area contributed by atoms with Gasteiger partial charge in [-0.3, -0.25) is 4.79 Å². The van der Waals surface area contributed by atoms with Gasteiger partial charge in [-0.15, -0.1) is 0 Å². The molecule has 0 radical (unpaired) electrons. The fourth-order valence-corrected chi connectivity index (χ4v) is 2.57. The zero-order valence-electron chi connectivity index (χ0n) is 11.5. The lowest BCUT2D eigenvalue weighted by molar-refractivity contribution is 0.0945. The molecule has 0 atom stereocenters. The number of hydrogen-bond donors (Lipinski definition) is 0. The van der Waals surface area contributed by atoms with Gasteiger partial charge in [-0.1, -0.05) is 12.1 Å². The Balaban J connectivity index is 1.81. The lowest BCUT2D eigenvalue weighted by Gasteiger charge is -2.00. The largest absolute Gasteiger partial charge is 0.278 e. The molecule has 0 aliphatic heterocycles. The standard InChI is InChI=1S/C17H11N3OS/c18-11-14-2-1-3-15(10-14)17(21)20-8-6-16(19-20)5-4-13-7-9-22-12-13/h1-10,12H. The summed E-state index contributed by atoms with van der Waals surface area (Å²) in [6, 6.07) is 12.4. The molecule has 3 rings (SSSR count). The van der Waals surface area contributed by atoms with Crippen molar-refractivity contribution in [3.8, 4) is 6.07 Å². The van der Waals surface area contributed by atoms with Crippen LogP contribution in [0.1, 0.15) is 27.2 Å². The van der Waals surface area contributed by atoms with Crippen molar-refractivity contribution in [1.82, 2.24) is 9.78 Å². The van der Waals surface area contributed by atoms with Gasteiger partial charge in [0, 0.05) is 11.8 Å². The SMILES string of the molecule is N#Cc1cccc(C(=O)n2ccc(C=Cc3ccsc3)n2)c1. The van der Waals surface area contributed by atoms with E-state index in [0.717, 1.165) is 5.56 Å². The highest BCUT2D eigenvalue weighted by atomic mass is 32.1. The lowest BCUT2D eigenvalue weighted by atomic mass is 10.1. The van der Waals surface area contributed by atoms with Crippen molar-refractivity contribution in [2.24, 2.45) is 0 Å². The summed E-state index contributed by atoms with van der Waals surface area (Å²) in [5.74, 6) is -0.257. The summed E-state index contributed by atoms with van der Waals surface area (Å²) in [4.78, 5) is 12.3. The Bertz CT molecular complexity index is 869. The number of thiophene rings is 1. The van der Waals surface area contributed by atoms with Crippen LogP contribution in [0.15, 0.2) is 53.4 Å². The molecule has 0 bridgehead atoms. The summed E-state index contributed by atoms with van der Waals surface area (Å²) in [5.41, 5.74) is 2.70. The summed E-state index contributed by atoms with van der Waals surface area (Å²) in [6.07, 6.45) is 5.43. The number of carbonyl (C=O) groups excluding carboxylic acids is 1. The smallest absolute Gasteiger partial charge is 0.267 e. The average molecular weight is 305 g/mol. The molecule has 0 saturated carbocycles. The summed E-state index contributed by atoms with van der Waals surface area (Å²) in [7, 11) is 0. The first-order valence-electron chi connectivity index (χ1n) is 6.57. The molecular weight excluding hydrogens is 294 g/mol. The van der Waals surface area contributed by atoms with Crippen molar-refractivity contribution in [2.45, 2.75) is 0 Å². The molecule has 2 aromatic heterocycles. The van der Waals surface area contributed by atoms with Gasteiger partial charge in [0.15, 0.2) is 0 Å². The Morgan fingerprint density at radius 2 is 2.18 bits per heavy atom. The molecule has 0 aliphatic rings. The summed E-state index contributed by atoms with van der Waals surface area (Å²) < 4.78 is 1.28. The van der Waals surface area contributed by atoms with Crippen molar-refractivity contribution in [3.05, 3.63) is 75.7 Å². The first-order chi connectivity index (χ1) is 10.8. The Labute approximate surface area is 131 Å². The number of aromatic nitrogens is 2. The number of carbonyl (C=O) groups is 1. The van der Waals surface area contributed by atoms with E-state index in [2.05, 4.69) is 5.10 Å². The minimum Gasteiger partial charge on any atom is -0.267 e. The minimum atomic E-state index is -0.257. The normalized spacial score (nSPS) is 10.7. The van der Waals surface area contributed by atoms with E-state index in [1.807, 2.05) is 35.0 Å². The third-order valence-electron chi connectivity index (χ3n) is 3.05. The Morgan fingerprint density at radius 3 is 2.95 bits per heavy atom. The molecule has 0 N–H and O–H groups in total. The Kier molecular flexibility index (Phi) is 3.95. The molecule has 1 aromatic carbocycles. The summed E-state index contributed by atoms with van der Waals surface area (Å²) >= 11 is 1.63. The monoisotopic (exact) mass is 305 g/mol. The molecule has 0 saturated heterocycles. The predicted octanol–water partition coefficient (Wildman–Crippen LogP) is 3.68. The molecule has 22 heavy (non-hydrogen) atoms. The second-order valence-electron chi connectivity index (χ2n) is 4.57. The maximum Gasteiger partial charge on any atom is 0.278 e. The number of nitrogens with zero attached hydrogens (tertiary/aromatic N) is 3. The number of rotatable bonds is 3. The van der Waals surface area contributed by atoms with Gasteiger partial charge in [0.05, 0.1) is 17.3 Å². The first kappa shape index (κ1) is 14.0. The van der Waals surface area contributed by atoms with Crippen molar-refractivity contribution < 1.29 is 4.79 Å². The topological polar surface area (TPSA) is 58.7 Å². The van der Waals surface area contributed by atoms with Gasteiger partial charge in [0.25, 0.3) is 5.91 Å². The van der Waals surface area contributed by atoms with Crippen LogP contribution < -0.4 is 0 Å². The van der Waals surface area contributed by atoms with Gasteiger partial charge in [-0.25, -0.2) is 4.68 Å². The molecule has 0 aliphatic carbocycles. The minimum absolute atomic E-state index is 0.257. The van der Waals surface area contributed by atoms with Crippen LogP contribution in [0.25, 0.3) is 12.2 Å². The van der Waals surface area contributed by atoms with Crippen molar-refractivity contribution in [3.63, 3.8) is 0 Å². The molecule has 0 spiro atoms. The third kappa shape index (κ3) is 3.03. The molecule has 106 valence electrons. The molecule has 4 nitrogen and oxygen atoms in total. The highest BCUT2D eigenvalue weighted by Gasteiger charge is 2.10. The van der Waals surface area contributed by atoms with E-state index < -0.39 is 0 Å². The molecule has 2 heterocycles. The third-order valence-corrected chi connectivity index (χ3v) is 3.75. The average Bonchev–Trinajstić information content (AvgIpc) is 3.23. The van der Waals surface area contributed by atoms with E-state index >= 15 is 0 Å². The molecule has 0 unspecified atom stereocenters. The van der Waals surface area contributed by atoms with E-state index in [0.29, 0.717) is 16.8 Å². The van der Waals surface area contributed by atoms with Gasteiger partial charge in [-0.2, -0.15) is 21.7 Å². The van der Waals surface area contributed by atoms with Crippen LogP contribution in [0.3, 0.4) is 0 Å². The fraction of sp³-hybridized carbons (Fsp3) is 0. The maximum atomic E-state index is 12.3. The van der Waals surface area contributed by atoms with Crippen molar-refractivity contribution in [2.75, 3.05) is 0 Å². The number of nitriles is 1. The molecule has 0 amide bonds. The molecule has 3 aromatic rings. The zero-order chi connectivity index (χ0) is 15.4. The van der Waals surface area contributed by atoms with E-state index in [-0.39, 0.29) is 5.91 Å². The Hall–Kier alpha value is -2.97. The predicted molar refractivity (Wildman–Crippen MR) is 86.4 cm³/mol. The van der Waals surface area contributed by atoms with E-state index in [4.69, 9.17) is 5.26 Å². The molecule has 5 heteroatoms. The zero-order valence-corrected chi connectivity index (χ0v) is 12.3. The highest BCUT2D eigenvalue weighted by Crippen LogP contribution is 2.11. The van der Waals surface area contributed by atoms with E-state index in [1.165, 1.54) is 4.68 Å². The van der Waals surface area contributed by atoms with Gasteiger partial charge >= 0.3 is 0 Å². The van der Waals surface area contributed by atoms with Crippen LogP contribution in [0, 0.1) is 11.3 Å². The van der Waals surface area contributed by atoms with E-state index in [9.17, 15) is 4.79 Å². The highest BCUT2D eigenvalue weighted by molar-refractivity contribution is 7.08. The van der Waals surface area contributed by atoms with Crippen molar-refractivity contribution in [1.29, 1.82) is 5.26 Å². The van der Waals surface area contributed by atoms with Crippen LogP contribution in [0.5, 0.6) is 0 Å². The molecule has 0 fully saturated rings. The number of hydrogen-bond acceptors (Lipinski definition) is 4. The van der Waals surface area contributed by atoms with Crippen LogP contribution in [-0.2, 0) is 0 Å². The quantitative estimate of drug-likeness (QED) is 0.741. The summed E-state index contributed by atoms with van der Waals surface area (Å²) in [5, 5.41) is 17.2. The van der Waals surface area contributed by atoms with Crippen LogP contribution in [0.4, 0.5) is 0 Å².